The fourth-order valence-electron chi connectivity index (χ4n) is 3.43. The first-order valence-corrected chi connectivity index (χ1v) is 11.7. The lowest BCUT2D eigenvalue weighted by atomic mass is 10.1. The van der Waals surface area contributed by atoms with Gasteiger partial charge in [-0.05, 0) is 39.0 Å². The third-order valence-corrected chi connectivity index (χ3v) is 7.62. The minimum Gasteiger partial charge on any atom is -0.365 e. The molecule has 4 aromatic rings. The smallest absolute Gasteiger partial charge is 0.280 e. The van der Waals surface area contributed by atoms with Gasteiger partial charge in [0, 0.05) is 20.7 Å². The third-order valence-electron chi connectivity index (χ3n) is 5.11. The number of nitrogens with two attached hydrogens (primary N) is 1. The van der Waals surface area contributed by atoms with Crippen LogP contribution in [-0.4, -0.2) is 26.6 Å². The molecule has 2 amide bonds. The minimum absolute atomic E-state index is 0.0224. The van der Waals surface area contributed by atoms with E-state index in [4.69, 9.17) is 17.3 Å². The Morgan fingerprint density at radius 1 is 1.24 bits per heavy atom. The number of aromatic nitrogens is 3. The second-order valence-corrected chi connectivity index (χ2v) is 10.0. The summed E-state index contributed by atoms with van der Waals surface area (Å²) >= 11 is 8.32. The summed E-state index contributed by atoms with van der Waals surface area (Å²) in [7, 11) is 0. The van der Waals surface area contributed by atoms with Crippen molar-refractivity contribution in [2.75, 3.05) is 5.32 Å². The summed E-state index contributed by atoms with van der Waals surface area (Å²) in [4.78, 5) is 31.3. The lowest BCUT2D eigenvalue weighted by Gasteiger charge is -2.15. The van der Waals surface area contributed by atoms with Gasteiger partial charge < -0.3 is 11.1 Å². The summed E-state index contributed by atoms with van der Waals surface area (Å²) in [5.41, 5.74) is 6.33. The number of alkyl halides is 2. The Labute approximate surface area is 200 Å². The second-order valence-electron chi connectivity index (χ2n) is 7.34. The average Bonchev–Trinajstić information content (AvgIpc) is 3.45. The van der Waals surface area contributed by atoms with E-state index in [0.717, 1.165) is 16.2 Å². The van der Waals surface area contributed by atoms with Gasteiger partial charge in [-0.15, -0.1) is 22.7 Å². The normalized spacial score (nSPS) is 12.5. The van der Waals surface area contributed by atoms with Crippen molar-refractivity contribution < 1.29 is 18.4 Å². The predicted molar refractivity (Wildman–Crippen MR) is 126 cm³/mol. The van der Waals surface area contributed by atoms with Crippen LogP contribution in [0.3, 0.4) is 0 Å². The summed E-state index contributed by atoms with van der Waals surface area (Å²) in [6.45, 7) is 5.24. The van der Waals surface area contributed by atoms with Crippen molar-refractivity contribution in [1.82, 2.24) is 14.8 Å². The van der Waals surface area contributed by atoms with E-state index in [1.54, 1.807) is 19.9 Å². The van der Waals surface area contributed by atoms with E-state index in [1.165, 1.54) is 28.3 Å². The van der Waals surface area contributed by atoms with Crippen LogP contribution in [0.1, 0.15) is 45.3 Å². The Kier molecular flexibility index (Phi) is 6.21. The fraction of sp³-hybridized carbons (Fsp3) is 0.238. The predicted octanol–water partition coefficient (Wildman–Crippen LogP) is 5.73. The number of carbonyl (C=O) groups is 2. The van der Waals surface area contributed by atoms with Crippen molar-refractivity contribution in [2.24, 2.45) is 5.73 Å². The van der Waals surface area contributed by atoms with Gasteiger partial charge in [-0.1, -0.05) is 11.6 Å². The van der Waals surface area contributed by atoms with Crippen molar-refractivity contribution in [1.29, 1.82) is 0 Å². The minimum atomic E-state index is -2.81. The molecule has 0 saturated heterocycles. The highest BCUT2D eigenvalue weighted by Crippen LogP contribution is 2.44. The standard InChI is InChI=1S/C21H18ClF2N5O2S2/c1-8-4-5-14(32-8)11-6-13(18(23)24)27-21-15(11)16(17(33-21)19(25)30)28-20(31)10(3)29-9(2)12(22)7-26-29/h4-7,10,18H,1-3H3,(H2,25,30)(H,28,31). The molecular weight excluding hydrogens is 492 g/mol. The number of anilines is 1. The molecule has 1 atom stereocenters. The molecule has 0 bridgehead atoms. The number of hydrogen-bond acceptors (Lipinski definition) is 6. The van der Waals surface area contributed by atoms with E-state index in [-0.39, 0.29) is 15.4 Å². The fourth-order valence-corrected chi connectivity index (χ4v) is 5.46. The summed E-state index contributed by atoms with van der Waals surface area (Å²) < 4.78 is 28.6. The van der Waals surface area contributed by atoms with Gasteiger partial charge >= 0.3 is 0 Å². The number of thiophene rings is 2. The number of nitrogens with one attached hydrogen (secondary N) is 1. The Bertz CT molecular complexity index is 1390. The first kappa shape index (κ1) is 23.3. The number of halogens is 3. The third kappa shape index (κ3) is 4.23. The number of nitrogens with zero attached hydrogens (tertiary/aromatic N) is 3. The molecule has 7 nitrogen and oxygen atoms in total. The van der Waals surface area contributed by atoms with Gasteiger partial charge in [0.25, 0.3) is 12.3 Å². The maximum atomic E-state index is 13.6. The van der Waals surface area contributed by atoms with E-state index in [0.29, 0.717) is 26.5 Å². The highest BCUT2D eigenvalue weighted by Gasteiger charge is 2.27. The molecule has 1 unspecified atom stereocenters. The molecule has 0 saturated carbocycles. The van der Waals surface area contributed by atoms with Crippen LogP contribution in [0.5, 0.6) is 0 Å². The molecule has 0 aromatic carbocycles. The average molecular weight is 510 g/mol. The maximum absolute atomic E-state index is 13.6. The molecule has 4 heterocycles. The van der Waals surface area contributed by atoms with Crippen LogP contribution in [0.15, 0.2) is 24.4 Å². The van der Waals surface area contributed by atoms with E-state index >= 15 is 0 Å². The molecule has 0 aliphatic heterocycles. The summed E-state index contributed by atoms with van der Waals surface area (Å²) in [6.07, 6.45) is -1.37. The summed E-state index contributed by atoms with van der Waals surface area (Å²) in [5.74, 6) is -1.28. The van der Waals surface area contributed by atoms with Crippen molar-refractivity contribution in [2.45, 2.75) is 33.2 Å². The Morgan fingerprint density at radius 3 is 2.52 bits per heavy atom. The molecule has 0 radical (unpaired) electrons. The van der Waals surface area contributed by atoms with Gasteiger partial charge in [0.1, 0.15) is 21.4 Å². The van der Waals surface area contributed by atoms with Gasteiger partial charge in [0.2, 0.25) is 5.91 Å². The Morgan fingerprint density at radius 2 is 1.97 bits per heavy atom. The molecule has 172 valence electrons. The first-order valence-electron chi connectivity index (χ1n) is 9.71. The number of pyridine rings is 1. The topological polar surface area (TPSA) is 103 Å². The van der Waals surface area contributed by atoms with Crippen molar-refractivity contribution >= 4 is 62.0 Å². The molecule has 33 heavy (non-hydrogen) atoms. The van der Waals surface area contributed by atoms with Crippen molar-refractivity contribution in [3.05, 3.63) is 50.6 Å². The van der Waals surface area contributed by atoms with Gasteiger partial charge in [0.05, 0.1) is 22.6 Å². The molecule has 4 rings (SSSR count). The molecule has 4 aromatic heterocycles. The quantitative estimate of drug-likeness (QED) is 0.346. The van der Waals surface area contributed by atoms with Crippen molar-refractivity contribution in [3.63, 3.8) is 0 Å². The number of fused-ring (bicyclic) bond motifs is 1. The van der Waals surface area contributed by atoms with E-state index in [9.17, 15) is 18.4 Å². The van der Waals surface area contributed by atoms with E-state index in [1.807, 2.05) is 13.0 Å². The van der Waals surface area contributed by atoms with Crippen molar-refractivity contribution in [3.8, 4) is 10.4 Å². The highest BCUT2D eigenvalue weighted by atomic mass is 35.5. The van der Waals surface area contributed by atoms with Crippen LogP contribution in [0.2, 0.25) is 5.02 Å². The van der Waals surface area contributed by atoms with Crippen LogP contribution in [0.25, 0.3) is 20.7 Å². The largest absolute Gasteiger partial charge is 0.365 e. The number of carbonyl (C=O) groups excluding carboxylic acids is 2. The highest BCUT2D eigenvalue weighted by molar-refractivity contribution is 7.21. The zero-order valence-electron chi connectivity index (χ0n) is 17.6. The van der Waals surface area contributed by atoms with Crippen LogP contribution in [-0.2, 0) is 4.79 Å². The van der Waals surface area contributed by atoms with Gasteiger partial charge in [-0.3, -0.25) is 14.3 Å². The van der Waals surface area contributed by atoms with Crippen LogP contribution >= 0.6 is 34.3 Å². The molecule has 0 spiro atoms. The molecule has 12 heteroatoms. The summed E-state index contributed by atoms with van der Waals surface area (Å²) in [6, 6.07) is 4.18. The van der Waals surface area contributed by atoms with Gasteiger partial charge in [-0.2, -0.15) is 5.10 Å². The molecule has 3 N–H and O–H groups in total. The Hall–Kier alpha value is -2.89. The lowest BCUT2D eigenvalue weighted by molar-refractivity contribution is -0.119. The van der Waals surface area contributed by atoms with Crippen LogP contribution in [0, 0.1) is 13.8 Å². The number of primary amides is 1. The number of amides is 2. The van der Waals surface area contributed by atoms with Gasteiger partial charge in [0.15, 0.2) is 0 Å². The monoisotopic (exact) mass is 509 g/mol. The molecule has 0 aliphatic rings. The van der Waals surface area contributed by atoms with E-state index in [2.05, 4.69) is 15.4 Å². The van der Waals surface area contributed by atoms with Gasteiger partial charge in [-0.25, -0.2) is 13.8 Å². The summed E-state index contributed by atoms with van der Waals surface area (Å²) in [5, 5.41) is 7.68. The second kappa shape index (κ2) is 8.81. The molecular formula is C21H18ClF2N5O2S2. The molecule has 0 fully saturated rings. The molecule has 0 aliphatic carbocycles. The number of rotatable bonds is 6. The van der Waals surface area contributed by atoms with E-state index < -0.39 is 30.0 Å². The number of aryl methyl sites for hydroxylation is 1. The number of hydrogen-bond donors (Lipinski definition) is 2. The lowest BCUT2D eigenvalue weighted by Crippen LogP contribution is -2.26. The first-order chi connectivity index (χ1) is 15.6. The van der Waals surface area contributed by atoms with Crippen LogP contribution in [0.4, 0.5) is 14.5 Å². The zero-order valence-corrected chi connectivity index (χ0v) is 20.0. The Balaban J connectivity index is 1.89. The zero-order chi connectivity index (χ0) is 24.0. The SMILES string of the molecule is Cc1ccc(-c2cc(C(F)F)nc3sc(C(N)=O)c(NC(=O)C(C)n4ncc(Cl)c4C)c23)s1. The maximum Gasteiger partial charge on any atom is 0.280 e. The van der Waals surface area contributed by atoms with Crippen LogP contribution < -0.4 is 11.1 Å².